The van der Waals surface area contributed by atoms with E-state index in [4.69, 9.17) is 16.7 Å². The van der Waals surface area contributed by atoms with Crippen molar-refractivity contribution in [3.8, 4) is 0 Å². The molecule has 104 valence electrons. The summed E-state index contributed by atoms with van der Waals surface area (Å²) in [6, 6.07) is 6.30. The monoisotopic (exact) mass is 284 g/mol. The van der Waals surface area contributed by atoms with E-state index in [1.165, 1.54) is 0 Å². The van der Waals surface area contributed by atoms with Crippen LogP contribution in [0.15, 0.2) is 24.3 Å². The Balaban J connectivity index is 2.42. The maximum atomic E-state index is 11.6. The van der Waals surface area contributed by atoms with Crippen LogP contribution in [0.5, 0.6) is 0 Å². The van der Waals surface area contributed by atoms with Gasteiger partial charge in [-0.15, -0.1) is 0 Å². The number of urea groups is 1. The Morgan fingerprint density at radius 1 is 1.37 bits per heavy atom. The lowest BCUT2D eigenvalue weighted by Gasteiger charge is -2.18. The van der Waals surface area contributed by atoms with E-state index in [0.29, 0.717) is 11.6 Å². The molecule has 1 aromatic carbocycles. The zero-order valence-electron chi connectivity index (χ0n) is 10.8. The number of amides is 2. The summed E-state index contributed by atoms with van der Waals surface area (Å²) < 4.78 is 0. The minimum atomic E-state index is -0.942. The highest BCUT2D eigenvalue weighted by atomic mass is 35.5. The van der Waals surface area contributed by atoms with Gasteiger partial charge in [-0.25, -0.2) is 4.79 Å². The van der Waals surface area contributed by atoms with Gasteiger partial charge in [-0.1, -0.05) is 23.7 Å². The summed E-state index contributed by atoms with van der Waals surface area (Å²) in [5.41, 5.74) is 0.876. The van der Waals surface area contributed by atoms with Crippen LogP contribution in [0.3, 0.4) is 0 Å². The van der Waals surface area contributed by atoms with Gasteiger partial charge in [-0.3, -0.25) is 4.79 Å². The molecule has 0 radical (unpaired) electrons. The third-order valence-corrected chi connectivity index (χ3v) is 3.08. The first-order chi connectivity index (χ1) is 8.90. The van der Waals surface area contributed by atoms with Crippen molar-refractivity contribution in [2.45, 2.75) is 26.4 Å². The van der Waals surface area contributed by atoms with Gasteiger partial charge in [0.1, 0.15) is 0 Å². The van der Waals surface area contributed by atoms with Crippen LogP contribution in [0.4, 0.5) is 4.79 Å². The molecule has 2 amide bonds. The first-order valence-corrected chi connectivity index (χ1v) is 6.29. The Bertz CT molecular complexity index is 465. The molecule has 0 spiro atoms. The molecule has 1 rings (SSSR count). The van der Waals surface area contributed by atoms with Crippen LogP contribution in [0, 0.1) is 5.92 Å². The van der Waals surface area contributed by atoms with Gasteiger partial charge in [-0.05, 0) is 31.5 Å². The number of carbonyl (C=O) groups excluding carboxylic acids is 1. The molecule has 1 aromatic rings. The van der Waals surface area contributed by atoms with E-state index in [1.807, 2.05) is 6.07 Å². The van der Waals surface area contributed by atoms with E-state index in [2.05, 4.69) is 10.6 Å². The lowest BCUT2D eigenvalue weighted by Crippen LogP contribution is -2.45. The molecule has 5 nitrogen and oxygen atoms in total. The lowest BCUT2D eigenvalue weighted by atomic mass is 10.0. The molecule has 0 fully saturated rings. The van der Waals surface area contributed by atoms with E-state index < -0.39 is 24.0 Å². The van der Waals surface area contributed by atoms with Crippen molar-refractivity contribution in [1.82, 2.24) is 10.6 Å². The van der Waals surface area contributed by atoms with Gasteiger partial charge < -0.3 is 15.7 Å². The fourth-order valence-electron chi connectivity index (χ4n) is 1.43. The third-order valence-electron chi connectivity index (χ3n) is 2.84. The first-order valence-electron chi connectivity index (χ1n) is 5.91. The van der Waals surface area contributed by atoms with Gasteiger partial charge in [0.15, 0.2) is 0 Å². The second-order valence-electron chi connectivity index (χ2n) is 4.37. The SMILES string of the molecule is CC(NC(=O)NCc1cccc(Cl)c1)C(C)C(=O)O. The van der Waals surface area contributed by atoms with E-state index in [0.717, 1.165) is 5.56 Å². The average Bonchev–Trinajstić information content (AvgIpc) is 2.35. The molecule has 6 heteroatoms. The van der Waals surface area contributed by atoms with Crippen molar-refractivity contribution in [3.05, 3.63) is 34.9 Å². The number of carboxylic acid groups (broad SMARTS) is 1. The van der Waals surface area contributed by atoms with Gasteiger partial charge in [0.2, 0.25) is 0 Å². The highest BCUT2D eigenvalue weighted by Crippen LogP contribution is 2.10. The van der Waals surface area contributed by atoms with Gasteiger partial charge in [0.25, 0.3) is 0 Å². The first kappa shape index (κ1) is 15.3. The summed E-state index contributed by atoms with van der Waals surface area (Å²) in [6.07, 6.45) is 0. The van der Waals surface area contributed by atoms with Crippen molar-refractivity contribution >= 4 is 23.6 Å². The van der Waals surface area contributed by atoms with Gasteiger partial charge in [-0.2, -0.15) is 0 Å². The second kappa shape index (κ2) is 6.99. The van der Waals surface area contributed by atoms with Crippen LogP contribution < -0.4 is 10.6 Å². The zero-order valence-corrected chi connectivity index (χ0v) is 11.6. The Hall–Kier alpha value is -1.75. The molecule has 0 aliphatic heterocycles. The summed E-state index contributed by atoms with van der Waals surface area (Å²) in [4.78, 5) is 22.3. The molecule has 3 N–H and O–H groups in total. The van der Waals surface area contributed by atoms with Crippen LogP contribution in [-0.2, 0) is 11.3 Å². The van der Waals surface area contributed by atoms with Crippen LogP contribution in [0.1, 0.15) is 19.4 Å². The largest absolute Gasteiger partial charge is 0.481 e. The number of rotatable bonds is 5. The summed E-state index contributed by atoms with van der Waals surface area (Å²) in [5, 5.41) is 14.7. The minimum Gasteiger partial charge on any atom is -0.481 e. The fraction of sp³-hybridized carbons (Fsp3) is 0.385. The molecule has 0 aromatic heterocycles. The van der Waals surface area contributed by atoms with Crippen LogP contribution in [-0.4, -0.2) is 23.1 Å². The summed E-state index contributed by atoms with van der Waals surface area (Å²) in [5.74, 6) is -1.58. The Morgan fingerprint density at radius 2 is 2.05 bits per heavy atom. The number of nitrogens with one attached hydrogen (secondary N) is 2. The molecule has 0 bridgehead atoms. The predicted octanol–water partition coefficient (Wildman–Crippen LogP) is 2.25. The molecule has 0 aliphatic carbocycles. The molecule has 0 heterocycles. The highest BCUT2D eigenvalue weighted by molar-refractivity contribution is 6.30. The Kier molecular flexibility index (Phi) is 5.63. The second-order valence-corrected chi connectivity index (χ2v) is 4.81. The number of benzene rings is 1. The molecule has 2 atom stereocenters. The van der Waals surface area contributed by atoms with Crippen LogP contribution in [0.2, 0.25) is 5.02 Å². The quantitative estimate of drug-likeness (QED) is 0.776. The number of carboxylic acids is 1. The summed E-state index contributed by atoms with van der Waals surface area (Å²) in [7, 11) is 0. The maximum Gasteiger partial charge on any atom is 0.315 e. The summed E-state index contributed by atoms with van der Waals surface area (Å²) in [6.45, 7) is 3.53. The highest BCUT2D eigenvalue weighted by Gasteiger charge is 2.20. The smallest absolute Gasteiger partial charge is 0.315 e. The number of aliphatic carboxylic acids is 1. The van der Waals surface area contributed by atoms with Crippen LogP contribution >= 0.6 is 11.6 Å². The zero-order chi connectivity index (χ0) is 14.4. The fourth-order valence-corrected chi connectivity index (χ4v) is 1.64. The standard InChI is InChI=1S/C13H17ClN2O3/c1-8(12(17)18)9(2)16-13(19)15-7-10-4-3-5-11(14)6-10/h3-6,8-9H,7H2,1-2H3,(H,17,18)(H2,15,16,19). The van der Waals surface area contributed by atoms with Crippen molar-refractivity contribution in [2.24, 2.45) is 5.92 Å². The van der Waals surface area contributed by atoms with E-state index in [1.54, 1.807) is 32.0 Å². The maximum absolute atomic E-state index is 11.6. The van der Waals surface area contributed by atoms with Gasteiger partial charge >= 0.3 is 12.0 Å². The minimum absolute atomic E-state index is 0.334. The van der Waals surface area contributed by atoms with Gasteiger partial charge in [0, 0.05) is 17.6 Å². The van der Waals surface area contributed by atoms with Gasteiger partial charge in [0.05, 0.1) is 5.92 Å². The summed E-state index contributed by atoms with van der Waals surface area (Å²) >= 11 is 5.83. The number of halogens is 1. The number of hydrogen-bond acceptors (Lipinski definition) is 2. The van der Waals surface area contributed by atoms with E-state index in [-0.39, 0.29) is 0 Å². The molecular weight excluding hydrogens is 268 g/mol. The van der Waals surface area contributed by atoms with E-state index in [9.17, 15) is 9.59 Å². The molecule has 2 unspecified atom stereocenters. The van der Waals surface area contributed by atoms with Crippen molar-refractivity contribution < 1.29 is 14.7 Å². The number of carbonyl (C=O) groups is 2. The van der Waals surface area contributed by atoms with Crippen LogP contribution in [0.25, 0.3) is 0 Å². The van der Waals surface area contributed by atoms with E-state index >= 15 is 0 Å². The number of hydrogen-bond donors (Lipinski definition) is 3. The molecular formula is C13H17ClN2O3. The van der Waals surface area contributed by atoms with Crippen molar-refractivity contribution in [2.75, 3.05) is 0 Å². The topological polar surface area (TPSA) is 78.4 Å². The third kappa shape index (κ3) is 5.18. The molecule has 0 saturated heterocycles. The Labute approximate surface area is 117 Å². The predicted molar refractivity (Wildman–Crippen MR) is 73.1 cm³/mol. The molecule has 0 aliphatic rings. The normalized spacial score (nSPS) is 13.4. The Morgan fingerprint density at radius 3 is 2.63 bits per heavy atom. The average molecular weight is 285 g/mol. The van der Waals surface area contributed by atoms with Crippen molar-refractivity contribution in [3.63, 3.8) is 0 Å². The molecule has 0 saturated carbocycles. The van der Waals surface area contributed by atoms with Crippen molar-refractivity contribution in [1.29, 1.82) is 0 Å². The lowest BCUT2D eigenvalue weighted by molar-refractivity contribution is -0.141. The molecule has 19 heavy (non-hydrogen) atoms.